The van der Waals surface area contributed by atoms with Crippen LogP contribution >= 0.6 is 0 Å². The Hall–Kier alpha value is -3.04. The summed E-state index contributed by atoms with van der Waals surface area (Å²) in [4.78, 5) is 23.3. The van der Waals surface area contributed by atoms with Crippen molar-refractivity contribution >= 4 is 11.8 Å². The molecule has 0 aliphatic rings. The topological polar surface area (TPSA) is 106 Å². The van der Waals surface area contributed by atoms with Crippen LogP contribution in [0.4, 0.5) is 0 Å². The number of aliphatic hydroxyl groups excluding tert-OH is 1. The van der Waals surface area contributed by atoms with Crippen LogP contribution in [0.1, 0.15) is 34.4 Å². The van der Waals surface area contributed by atoms with E-state index in [9.17, 15) is 14.7 Å². The van der Waals surface area contributed by atoms with Gasteiger partial charge in [0.15, 0.2) is 5.76 Å². The molecule has 2 atom stereocenters. The molecule has 2 amide bonds. The number of hydrogen-bond acceptors (Lipinski definition) is 4. The quantitative estimate of drug-likeness (QED) is 0.727. The SMILES string of the molecule is Cc1ccc(C#Cc2ccc(C(=O)N[C@@H](C(N)=O)[C@@H](C)O)cc2)o1. The van der Waals surface area contributed by atoms with Gasteiger partial charge in [-0.25, -0.2) is 0 Å². The molecule has 2 aromatic rings. The molecule has 124 valence electrons. The Labute approximate surface area is 139 Å². The van der Waals surface area contributed by atoms with E-state index in [0.717, 1.165) is 5.76 Å². The van der Waals surface area contributed by atoms with Gasteiger partial charge in [-0.15, -0.1) is 0 Å². The number of carbonyl (C=O) groups excluding carboxylic acids is 2. The van der Waals surface area contributed by atoms with E-state index in [1.54, 1.807) is 30.3 Å². The molecule has 0 fully saturated rings. The number of aliphatic hydroxyl groups is 1. The third kappa shape index (κ3) is 4.48. The highest BCUT2D eigenvalue weighted by atomic mass is 16.3. The average molecular weight is 326 g/mol. The van der Waals surface area contributed by atoms with Crippen molar-refractivity contribution in [1.29, 1.82) is 0 Å². The van der Waals surface area contributed by atoms with Gasteiger partial charge in [0.2, 0.25) is 5.91 Å². The van der Waals surface area contributed by atoms with Crippen molar-refractivity contribution in [2.45, 2.75) is 26.0 Å². The van der Waals surface area contributed by atoms with Crippen molar-refractivity contribution in [3.8, 4) is 11.8 Å². The minimum Gasteiger partial charge on any atom is -0.453 e. The van der Waals surface area contributed by atoms with E-state index in [0.29, 0.717) is 16.9 Å². The highest BCUT2D eigenvalue weighted by molar-refractivity contribution is 5.97. The second-order valence-corrected chi connectivity index (χ2v) is 5.33. The number of carbonyl (C=O) groups is 2. The normalized spacial score (nSPS) is 12.6. The lowest BCUT2D eigenvalue weighted by atomic mass is 10.1. The fourth-order valence-electron chi connectivity index (χ4n) is 1.99. The van der Waals surface area contributed by atoms with Crippen LogP contribution in [-0.4, -0.2) is 29.1 Å². The van der Waals surface area contributed by atoms with Crippen LogP contribution in [0, 0.1) is 18.8 Å². The lowest BCUT2D eigenvalue weighted by molar-refractivity contribution is -0.122. The molecular weight excluding hydrogens is 308 g/mol. The van der Waals surface area contributed by atoms with E-state index >= 15 is 0 Å². The minimum atomic E-state index is -1.14. The Balaban J connectivity index is 2.07. The van der Waals surface area contributed by atoms with Crippen LogP contribution in [0.15, 0.2) is 40.8 Å². The van der Waals surface area contributed by atoms with Gasteiger partial charge in [-0.05, 0) is 56.2 Å². The van der Waals surface area contributed by atoms with Gasteiger partial charge in [-0.2, -0.15) is 0 Å². The Kier molecular flexibility index (Phi) is 5.40. The first-order chi connectivity index (χ1) is 11.4. The Morgan fingerprint density at radius 2 is 1.83 bits per heavy atom. The van der Waals surface area contributed by atoms with Crippen molar-refractivity contribution in [2.24, 2.45) is 5.73 Å². The minimum absolute atomic E-state index is 0.335. The van der Waals surface area contributed by atoms with E-state index in [-0.39, 0.29) is 0 Å². The lowest BCUT2D eigenvalue weighted by Gasteiger charge is -2.17. The first-order valence-corrected chi connectivity index (χ1v) is 7.33. The van der Waals surface area contributed by atoms with Crippen LogP contribution in [0.3, 0.4) is 0 Å². The zero-order chi connectivity index (χ0) is 17.7. The fraction of sp³-hybridized carbons (Fsp3) is 0.222. The summed E-state index contributed by atoms with van der Waals surface area (Å²) >= 11 is 0. The number of nitrogens with one attached hydrogen (secondary N) is 1. The van der Waals surface area contributed by atoms with Gasteiger partial charge in [0, 0.05) is 11.1 Å². The predicted octanol–water partition coefficient (Wildman–Crippen LogP) is 0.952. The highest BCUT2D eigenvalue weighted by Gasteiger charge is 2.23. The molecule has 0 radical (unpaired) electrons. The molecular formula is C18H18N2O4. The molecule has 0 bridgehead atoms. The molecule has 0 unspecified atom stereocenters. The maximum Gasteiger partial charge on any atom is 0.252 e. The second kappa shape index (κ2) is 7.49. The standard InChI is InChI=1S/C18H18N2O4/c1-11-3-9-15(24-11)10-6-13-4-7-14(8-5-13)18(23)20-16(12(2)21)17(19)22/h3-5,7-9,12,16,21H,1-2H3,(H2,19,22)(H,20,23)/t12-,16-/m1/s1. The van der Waals surface area contributed by atoms with Gasteiger partial charge in [0.25, 0.3) is 5.91 Å². The smallest absolute Gasteiger partial charge is 0.252 e. The van der Waals surface area contributed by atoms with E-state index in [4.69, 9.17) is 10.2 Å². The van der Waals surface area contributed by atoms with Crippen molar-refractivity contribution in [3.05, 3.63) is 59.0 Å². The molecule has 1 aromatic heterocycles. The first-order valence-electron chi connectivity index (χ1n) is 7.33. The summed E-state index contributed by atoms with van der Waals surface area (Å²) < 4.78 is 5.35. The maximum atomic E-state index is 12.1. The monoisotopic (exact) mass is 326 g/mol. The molecule has 0 aliphatic carbocycles. The molecule has 6 heteroatoms. The summed E-state index contributed by atoms with van der Waals surface area (Å²) in [6.45, 7) is 3.22. The molecule has 0 saturated carbocycles. The number of primary amides is 1. The Bertz CT molecular complexity index is 794. The highest BCUT2D eigenvalue weighted by Crippen LogP contribution is 2.07. The van der Waals surface area contributed by atoms with Crippen molar-refractivity contribution in [2.75, 3.05) is 0 Å². The van der Waals surface area contributed by atoms with E-state index in [2.05, 4.69) is 17.2 Å². The van der Waals surface area contributed by atoms with Crippen molar-refractivity contribution in [3.63, 3.8) is 0 Å². The van der Waals surface area contributed by atoms with Crippen LogP contribution < -0.4 is 11.1 Å². The predicted molar refractivity (Wildman–Crippen MR) is 88.0 cm³/mol. The van der Waals surface area contributed by atoms with Crippen molar-refractivity contribution < 1.29 is 19.1 Å². The summed E-state index contributed by atoms with van der Waals surface area (Å²) in [5.41, 5.74) is 6.19. The number of rotatable bonds is 4. The molecule has 6 nitrogen and oxygen atoms in total. The maximum absolute atomic E-state index is 12.1. The molecule has 1 heterocycles. The Morgan fingerprint density at radius 3 is 2.33 bits per heavy atom. The first kappa shape index (κ1) is 17.3. The molecule has 1 aromatic carbocycles. The Morgan fingerprint density at radius 1 is 1.17 bits per heavy atom. The zero-order valence-corrected chi connectivity index (χ0v) is 13.4. The van der Waals surface area contributed by atoms with E-state index in [1.165, 1.54) is 6.92 Å². The molecule has 0 spiro atoms. The van der Waals surface area contributed by atoms with Gasteiger partial charge in [-0.3, -0.25) is 9.59 Å². The summed E-state index contributed by atoms with van der Waals surface area (Å²) in [6, 6.07) is 8.98. The number of benzene rings is 1. The molecule has 0 saturated heterocycles. The molecule has 24 heavy (non-hydrogen) atoms. The number of amides is 2. The second-order valence-electron chi connectivity index (χ2n) is 5.33. The van der Waals surface area contributed by atoms with E-state index < -0.39 is 24.0 Å². The summed E-state index contributed by atoms with van der Waals surface area (Å²) in [6.07, 6.45) is -1.08. The van der Waals surface area contributed by atoms with Crippen LogP contribution in [-0.2, 0) is 4.79 Å². The third-order valence-electron chi connectivity index (χ3n) is 3.29. The van der Waals surface area contributed by atoms with Crippen LogP contribution in [0.5, 0.6) is 0 Å². The number of furan rings is 1. The summed E-state index contributed by atoms with van der Waals surface area (Å²) in [5, 5.41) is 11.9. The van der Waals surface area contributed by atoms with Gasteiger partial charge in [0.05, 0.1) is 6.10 Å². The zero-order valence-electron chi connectivity index (χ0n) is 13.4. The van der Waals surface area contributed by atoms with Crippen molar-refractivity contribution in [1.82, 2.24) is 5.32 Å². The summed E-state index contributed by atoms with van der Waals surface area (Å²) in [7, 11) is 0. The lowest BCUT2D eigenvalue weighted by Crippen LogP contribution is -2.50. The third-order valence-corrected chi connectivity index (χ3v) is 3.29. The van der Waals surface area contributed by atoms with Crippen LogP contribution in [0.25, 0.3) is 0 Å². The summed E-state index contributed by atoms with van der Waals surface area (Å²) in [5.74, 6) is 5.86. The largest absolute Gasteiger partial charge is 0.453 e. The molecule has 2 rings (SSSR count). The number of nitrogens with two attached hydrogens (primary N) is 1. The van der Waals surface area contributed by atoms with Gasteiger partial charge >= 0.3 is 0 Å². The van der Waals surface area contributed by atoms with E-state index in [1.807, 2.05) is 13.0 Å². The molecule has 4 N–H and O–H groups in total. The van der Waals surface area contributed by atoms with Gasteiger partial charge in [0.1, 0.15) is 11.8 Å². The number of aryl methyl sites for hydroxylation is 1. The number of hydrogen-bond donors (Lipinski definition) is 3. The van der Waals surface area contributed by atoms with Gasteiger partial charge in [-0.1, -0.05) is 5.92 Å². The van der Waals surface area contributed by atoms with Crippen LogP contribution in [0.2, 0.25) is 0 Å². The molecule has 0 aliphatic heterocycles. The average Bonchev–Trinajstić information content (AvgIpc) is 2.95. The fourth-order valence-corrected chi connectivity index (χ4v) is 1.99. The van der Waals surface area contributed by atoms with Gasteiger partial charge < -0.3 is 20.6 Å².